The van der Waals surface area contributed by atoms with Gasteiger partial charge >= 0.3 is 5.97 Å². The van der Waals surface area contributed by atoms with Crippen LogP contribution >= 0.6 is 0 Å². The fourth-order valence-electron chi connectivity index (χ4n) is 3.66. The predicted molar refractivity (Wildman–Crippen MR) is 99.1 cm³/mol. The van der Waals surface area contributed by atoms with Gasteiger partial charge in [0.15, 0.2) is 18.1 Å². The minimum absolute atomic E-state index is 0.359. The number of ether oxygens (including phenoxy) is 3. The molecule has 2 heterocycles. The Morgan fingerprint density at radius 2 is 1.69 bits per heavy atom. The second-order valence-electron chi connectivity index (χ2n) is 6.99. The van der Waals surface area contributed by atoms with Crippen molar-refractivity contribution >= 4 is 29.4 Å². The van der Waals surface area contributed by atoms with Crippen LogP contribution < -0.4 is 14.8 Å². The van der Waals surface area contributed by atoms with Gasteiger partial charge in [-0.15, -0.1) is 0 Å². The molecule has 0 aromatic heterocycles. The first kappa shape index (κ1) is 19.0. The number of nitrogens with one attached hydrogen (secondary N) is 1. The lowest BCUT2D eigenvalue weighted by Gasteiger charge is -2.19. The average molecular weight is 400 g/mol. The largest absolute Gasteiger partial charge is 0.486 e. The molecule has 9 nitrogen and oxygen atoms in total. The van der Waals surface area contributed by atoms with Crippen LogP contribution in [0.3, 0.4) is 0 Å². The highest BCUT2D eigenvalue weighted by Gasteiger charge is 2.47. The standard InChI is InChI=1S/C20H20N2O7/c23-17(21-12-5-6-15-16(9-12)28-8-7-27-15)11-29-18(24)10-22-19(25)13-3-1-2-4-14(13)20(22)26/h1-2,5-6,9,13-14H,3-4,7-8,10-11H2,(H,21,23)/t13-,14-/m0/s1. The van der Waals surface area contributed by atoms with E-state index in [4.69, 9.17) is 14.2 Å². The van der Waals surface area contributed by atoms with Gasteiger partial charge < -0.3 is 19.5 Å². The SMILES string of the molecule is O=C(COC(=O)CN1C(=O)[C@H]2CC=CC[C@@H]2C1=O)Nc1ccc2c(c1)OCCO2. The van der Waals surface area contributed by atoms with Gasteiger partial charge in [0.25, 0.3) is 5.91 Å². The van der Waals surface area contributed by atoms with E-state index in [1.165, 1.54) is 0 Å². The second kappa shape index (κ2) is 7.94. The Morgan fingerprint density at radius 1 is 1.03 bits per heavy atom. The smallest absolute Gasteiger partial charge is 0.326 e. The molecule has 2 atom stereocenters. The molecule has 1 saturated heterocycles. The number of hydrogen-bond acceptors (Lipinski definition) is 7. The van der Waals surface area contributed by atoms with Crippen LogP contribution in [0, 0.1) is 11.8 Å². The lowest BCUT2D eigenvalue weighted by molar-refractivity contribution is -0.154. The highest BCUT2D eigenvalue weighted by atomic mass is 16.6. The molecule has 0 spiro atoms. The Morgan fingerprint density at radius 3 is 2.38 bits per heavy atom. The van der Waals surface area contributed by atoms with Crippen molar-refractivity contribution in [3.05, 3.63) is 30.4 Å². The highest BCUT2D eigenvalue weighted by Crippen LogP contribution is 2.35. The van der Waals surface area contributed by atoms with E-state index in [-0.39, 0.29) is 11.8 Å². The van der Waals surface area contributed by atoms with Crippen molar-refractivity contribution in [1.29, 1.82) is 0 Å². The summed E-state index contributed by atoms with van der Waals surface area (Å²) in [6.45, 7) is -0.123. The third-order valence-electron chi connectivity index (χ3n) is 5.08. The summed E-state index contributed by atoms with van der Waals surface area (Å²) in [6.07, 6.45) is 4.74. The van der Waals surface area contributed by atoms with Crippen molar-refractivity contribution in [2.45, 2.75) is 12.8 Å². The molecule has 152 valence electrons. The van der Waals surface area contributed by atoms with E-state index >= 15 is 0 Å². The first-order valence-electron chi connectivity index (χ1n) is 9.38. The third kappa shape index (κ3) is 3.94. The zero-order valence-corrected chi connectivity index (χ0v) is 15.6. The minimum atomic E-state index is -0.810. The Hall–Kier alpha value is -3.36. The van der Waals surface area contributed by atoms with Gasteiger partial charge in [-0.3, -0.25) is 24.1 Å². The van der Waals surface area contributed by atoms with Crippen LogP contribution in [0.4, 0.5) is 5.69 Å². The normalized spacial score (nSPS) is 22.3. The molecule has 0 bridgehead atoms. The number of imide groups is 1. The Balaban J connectivity index is 1.27. The van der Waals surface area contributed by atoms with Gasteiger partial charge in [-0.25, -0.2) is 0 Å². The van der Waals surface area contributed by atoms with Crippen molar-refractivity contribution < 1.29 is 33.4 Å². The summed E-state index contributed by atoms with van der Waals surface area (Å²) < 4.78 is 15.8. The van der Waals surface area contributed by atoms with E-state index in [9.17, 15) is 19.2 Å². The maximum absolute atomic E-state index is 12.3. The molecule has 9 heteroatoms. The fourth-order valence-corrected chi connectivity index (χ4v) is 3.66. The van der Waals surface area contributed by atoms with Crippen LogP contribution in [0.5, 0.6) is 11.5 Å². The number of fused-ring (bicyclic) bond motifs is 2. The summed E-state index contributed by atoms with van der Waals surface area (Å²) in [6, 6.07) is 4.94. The second-order valence-corrected chi connectivity index (χ2v) is 6.99. The number of nitrogens with zero attached hydrogens (tertiary/aromatic N) is 1. The summed E-state index contributed by atoms with van der Waals surface area (Å²) >= 11 is 0. The number of rotatable bonds is 5. The molecule has 1 aliphatic carbocycles. The zero-order valence-electron chi connectivity index (χ0n) is 15.6. The number of hydrogen-bond donors (Lipinski definition) is 1. The molecular formula is C20H20N2O7. The Labute approximate surface area is 166 Å². The van der Waals surface area contributed by atoms with Crippen molar-refractivity contribution in [2.24, 2.45) is 11.8 Å². The van der Waals surface area contributed by atoms with Crippen molar-refractivity contribution in [2.75, 3.05) is 31.7 Å². The summed E-state index contributed by atoms with van der Waals surface area (Å²) in [7, 11) is 0. The molecule has 4 rings (SSSR count). The van der Waals surface area contributed by atoms with Gasteiger partial charge in [0.2, 0.25) is 11.8 Å². The van der Waals surface area contributed by atoms with Gasteiger partial charge in [0, 0.05) is 11.8 Å². The van der Waals surface area contributed by atoms with E-state index in [2.05, 4.69) is 5.32 Å². The molecule has 0 unspecified atom stereocenters. The van der Waals surface area contributed by atoms with Gasteiger partial charge in [0.1, 0.15) is 19.8 Å². The van der Waals surface area contributed by atoms with E-state index in [1.807, 2.05) is 12.2 Å². The fraction of sp³-hybridized carbons (Fsp3) is 0.400. The van der Waals surface area contributed by atoms with E-state index in [0.717, 1.165) is 4.90 Å². The van der Waals surface area contributed by atoms with Crippen LogP contribution in [0.15, 0.2) is 30.4 Å². The molecule has 3 amide bonds. The highest BCUT2D eigenvalue weighted by molar-refractivity contribution is 6.07. The van der Waals surface area contributed by atoms with Gasteiger partial charge in [-0.05, 0) is 25.0 Å². The maximum Gasteiger partial charge on any atom is 0.326 e. The molecule has 1 aromatic rings. The Kier molecular flexibility index (Phi) is 5.20. The van der Waals surface area contributed by atoms with Crippen molar-refractivity contribution in [3.63, 3.8) is 0 Å². The number of carbonyl (C=O) groups excluding carboxylic acids is 4. The van der Waals surface area contributed by atoms with Crippen molar-refractivity contribution in [1.82, 2.24) is 4.90 Å². The van der Waals surface area contributed by atoms with Gasteiger partial charge in [-0.2, -0.15) is 0 Å². The first-order valence-corrected chi connectivity index (χ1v) is 9.38. The monoisotopic (exact) mass is 400 g/mol. The summed E-state index contributed by atoms with van der Waals surface area (Å²) in [5, 5.41) is 2.59. The van der Waals surface area contributed by atoms with Crippen LogP contribution in [-0.4, -0.2) is 55.0 Å². The van der Waals surface area contributed by atoms with Crippen LogP contribution in [0.25, 0.3) is 0 Å². The molecule has 1 aromatic carbocycles. The number of allylic oxidation sites excluding steroid dienone is 2. The number of amides is 3. The number of anilines is 1. The van der Waals surface area contributed by atoms with Gasteiger partial charge in [-0.1, -0.05) is 12.2 Å². The molecular weight excluding hydrogens is 380 g/mol. The van der Waals surface area contributed by atoms with E-state index in [1.54, 1.807) is 18.2 Å². The quantitative estimate of drug-likeness (QED) is 0.444. The summed E-state index contributed by atoms with van der Waals surface area (Å²) in [5.41, 5.74) is 0.469. The number of likely N-dealkylation sites (tertiary alicyclic amines) is 1. The average Bonchev–Trinajstić information content (AvgIpc) is 2.97. The van der Waals surface area contributed by atoms with E-state index in [0.29, 0.717) is 43.2 Å². The zero-order chi connectivity index (χ0) is 20.4. The van der Waals surface area contributed by atoms with E-state index < -0.39 is 36.9 Å². The molecule has 3 aliphatic rings. The lowest BCUT2D eigenvalue weighted by Crippen LogP contribution is -2.37. The number of carbonyl (C=O) groups is 4. The molecule has 1 N–H and O–H groups in total. The lowest BCUT2D eigenvalue weighted by atomic mass is 9.85. The molecule has 1 fully saturated rings. The molecule has 29 heavy (non-hydrogen) atoms. The minimum Gasteiger partial charge on any atom is -0.486 e. The Bertz CT molecular complexity index is 869. The first-order chi connectivity index (χ1) is 14.0. The molecule has 2 aliphatic heterocycles. The van der Waals surface area contributed by atoms with Crippen LogP contribution in [-0.2, 0) is 23.9 Å². The summed E-state index contributed by atoms with van der Waals surface area (Å²) in [4.78, 5) is 49.7. The van der Waals surface area contributed by atoms with Crippen LogP contribution in [0.1, 0.15) is 12.8 Å². The topological polar surface area (TPSA) is 111 Å². The molecule has 0 radical (unpaired) electrons. The molecule has 0 saturated carbocycles. The predicted octanol–water partition coefficient (Wildman–Crippen LogP) is 0.891. The van der Waals surface area contributed by atoms with Gasteiger partial charge in [0.05, 0.1) is 11.8 Å². The van der Waals surface area contributed by atoms with Crippen molar-refractivity contribution in [3.8, 4) is 11.5 Å². The number of benzene rings is 1. The maximum atomic E-state index is 12.3. The number of esters is 1. The van der Waals surface area contributed by atoms with Crippen LogP contribution in [0.2, 0.25) is 0 Å². The summed E-state index contributed by atoms with van der Waals surface area (Å²) in [5.74, 6) is -1.77. The third-order valence-corrected chi connectivity index (χ3v) is 5.08.